The molecule has 2 aromatic carbocycles. The molecular formula is C19H11Cl3N4. The van der Waals surface area contributed by atoms with E-state index in [1.165, 1.54) is 0 Å². The molecule has 0 atom stereocenters. The van der Waals surface area contributed by atoms with Gasteiger partial charge in [0.15, 0.2) is 5.82 Å². The summed E-state index contributed by atoms with van der Waals surface area (Å²) in [6.07, 6.45) is 3.43. The summed E-state index contributed by atoms with van der Waals surface area (Å²) in [4.78, 5) is 13.4. The van der Waals surface area contributed by atoms with E-state index in [2.05, 4.69) is 20.3 Å². The summed E-state index contributed by atoms with van der Waals surface area (Å²) in [5, 5.41) is 5.14. The highest BCUT2D eigenvalue weighted by Crippen LogP contribution is 2.37. The first-order chi connectivity index (χ1) is 12.6. The molecule has 4 aromatic rings. The second-order valence-corrected chi connectivity index (χ2v) is 6.67. The van der Waals surface area contributed by atoms with Gasteiger partial charge in [0.2, 0.25) is 0 Å². The predicted octanol–water partition coefficient (Wildman–Crippen LogP) is 6.40. The van der Waals surface area contributed by atoms with Gasteiger partial charge in [-0.05, 0) is 36.4 Å². The number of halogens is 3. The largest absolute Gasteiger partial charge is 0.338 e. The first-order valence-corrected chi connectivity index (χ1v) is 8.84. The third kappa shape index (κ3) is 3.19. The van der Waals surface area contributed by atoms with Crippen LogP contribution in [0.2, 0.25) is 15.1 Å². The molecule has 0 aliphatic carbocycles. The Hall–Kier alpha value is -2.40. The summed E-state index contributed by atoms with van der Waals surface area (Å²) in [6, 6.07) is 14.9. The Bertz CT molecular complexity index is 1100. The van der Waals surface area contributed by atoms with Crippen molar-refractivity contribution in [2.24, 2.45) is 0 Å². The van der Waals surface area contributed by atoms with Gasteiger partial charge < -0.3 is 5.32 Å². The van der Waals surface area contributed by atoms with Gasteiger partial charge in [0, 0.05) is 23.3 Å². The molecule has 0 fully saturated rings. The van der Waals surface area contributed by atoms with E-state index in [1.54, 1.807) is 24.5 Å². The van der Waals surface area contributed by atoms with Crippen LogP contribution in [0.5, 0.6) is 0 Å². The van der Waals surface area contributed by atoms with Gasteiger partial charge in [-0.25, -0.2) is 9.97 Å². The molecule has 128 valence electrons. The van der Waals surface area contributed by atoms with Crippen molar-refractivity contribution in [2.45, 2.75) is 0 Å². The minimum Gasteiger partial charge on any atom is -0.338 e. The zero-order valence-corrected chi connectivity index (χ0v) is 15.5. The lowest BCUT2D eigenvalue weighted by Gasteiger charge is -2.13. The highest BCUT2D eigenvalue weighted by atomic mass is 35.5. The van der Waals surface area contributed by atoms with E-state index in [0.29, 0.717) is 32.4 Å². The zero-order valence-electron chi connectivity index (χ0n) is 13.2. The number of rotatable bonds is 3. The summed E-state index contributed by atoms with van der Waals surface area (Å²) < 4.78 is 0. The number of hydrogen-bond donors (Lipinski definition) is 1. The van der Waals surface area contributed by atoms with Gasteiger partial charge in [0.05, 0.1) is 26.3 Å². The van der Waals surface area contributed by atoms with Crippen LogP contribution in [0.1, 0.15) is 0 Å². The van der Waals surface area contributed by atoms with Gasteiger partial charge in [0.1, 0.15) is 5.82 Å². The van der Waals surface area contributed by atoms with Crippen LogP contribution < -0.4 is 5.32 Å². The summed E-state index contributed by atoms with van der Waals surface area (Å²) >= 11 is 18.5. The average Bonchev–Trinajstić information content (AvgIpc) is 2.69. The Labute approximate surface area is 164 Å². The smallest absolute Gasteiger partial charge is 0.163 e. The lowest BCUT2D eigenvalue weighted by molar-refractivity contribution is 1.20. The fourth-order valence-corrected chi connectivity index (χ4v) is 3.13. The number of para-hydroxylation sites is 1. The van der Waals surface area contributed by atoms with Crippen molar-refractivity contribution in [3.63, 3.8) is 0 Å². The van der Waals surface area contributed by atoms with Crippen molar-refractivity contribution in [1.29, 1.82) is 0 Å². The van der Waals surface area contributed by atoms with Gasteiger partial charge >= 0.3 is 0 Å². The monoisotopic (exact) mass is 400 g/mol. The van der Waals surface area contributed by atoms with Crippen LogP contribution in [0, 0.1) is 0 Å². The third-order valence-corrected chi connectivity index (χ3v) is 5.10. The fourth-order valence-electron chi connectivity index (χ4n) is 2.55. The van der Waals surface area contributed by atoms with Gasteiger partial charge in [-0.15, -0.1) is 0 Å². The van der Waals surface area contributed by atoms with Crippen molar-refractivity contribution < 1.29 is 0 Å². The summed E-state index contributed by atoms with van der Waals surface area (Å²) in [7, 11) is 0. The van der Waals surface area contributed by atoms with Crippen molar-refractivity contribution in [2.75, 3.05) is 5.32 Å². The Morgan fingerprint density at radius 1 is 0.808 bits per heavy atom. The minimum atomic E-state index is 0.296. The molecule has 1 N–H and O–H groups in total. The lowest BCUT2D eigenvalue weighted by Crippen LogP contribution is -2.00. The molecule has 0 bridgehead atoms. The molecule has 0 saturated heterocycles. The molecule has 4 rings (SSSR count). The second-order valence-electron chi connectivity index (χ2n) is 5.50. The molecule has 2 aromatic heterocycles. The maximum Gasteiger partial charge on any atom is 0.163 e. The van der Waals surface area contributed by atoms with E-state index in [1.807, 2.05) is 36.4 Å². The maximum absolute atomic E-state index is 6.32. The summed E-state index contributed by atoms with van der Waals surface area (Å²) in [6.45, 7) is 0. The van der Waals surface area contributed by atoms with Crippen molar-refractivity contribution >= 4 is 57.2 Å². The minimum absolute atomic E-state index is 0.296. The van der Waals surface area contributed by atoms with Crippen LogP contribution in [0.15, 0.2) is 60.9 Å². The van der Waals surface area contributed by atoms with Crippen LogP contribution in [0.4, 0.5) is 11.5 Å². The van der Waals surface area contributed by atoms with Gasteiger partial charge in [-0.2, -0.15) is 0 Å². The topological polar surface area (TPSA) is 50.7 Å². The normalized spacial score (nSPS) is 10.9. The maximum atomic E-state index is 6.32. The second kappa shape index (κ2) is 7.08. The van der Waals surface area contributed by atoms with Gasteiger partial charge in [-0.1, -0.05) is 46.9 Å². The molecule has 4 nitrogen and oxygen atoms in total. The quantitative estimate of drug-likeness (QED) is 0.404. The van der Waals surface area contributed by atoms with E-state index in [4.69, 9.17) is 34.8 Å². The van der Waals surface area contributed by atoms with Crippen LogP contribution in [-0.4, -0.2) is 15.0 Å². The van der Waals surface area contributed by atoms with E-state index in [0.717, 1.165) is 16.5 Å². The molecule has 2 heterocycles. The first-order valence-electron chi connectivity index (χ1n) is 7.71. The Kier molecular flexibility index (Phi) is 4.64. The van der Waals surface area contributed by atoms with Gasteiger partial charge in [-0.3, -0.25) is 4.98 Å². The zero-order chi connectivity index (χ0) is 18.1. The first kappa shape index (κ1) is 17.0. The third-order valence-electron chi connectivity index (χ3n) is 3.81. The number of pyridine rings is 1. The molecule has 0 spiro atoms. The molecule has 0 saturated carbocycles. The Morgan fingerprint density at radius 2 is 1.65 bits per heavy atom. The molecule has 0 aliphatic rings. The highest BCUT2D eigenvalue weighted by Gasteiger charge is 2.13. The number of hydrogen-bond acceptors (Lipinski definition) is 4. The number of anilines is 2. The standard InChI is InChI=1S/C19H11Cl3N4/c20-13-7-8-15(17(22)16(13)21)25-19-12-5-1-2-6-14(12)24-18(26-19)11-4-3-9-23-10-11/h1-10H,(H,24,25,26). The van der Waals surface area contributed by atoms with E-state index >= 15 is 0 Å². The van der Waals surface area contributed by atoms with Crippen molar-refractivity contribution in [3.05, 3.63) is 76.0 Å². The van der Waals surface area contributed by atoms with Crippen LogP contribution >= 0.6 is 34.8 Å². The van der Waals surface area contributed by atoms with Gasteiger partial charge in [0.25, 0.3) is 0 Å². The highest BCUT2D eigenvalue weighted by molar-refractivity contribution is 6.49. The molecule has 0 aliphatic heterocycles. The SMILES string of the molecule is Clc1ccc(Nc2nc(-c3cccnc3)nc3ccccc23)c(Cl)c1Cl. The van der Waals surface area contributed by atoms with E-state index in [-0.39, 0.29) is 0 Å². The lowest BCUT2D eigenvalue weighted by atomic mass is 10.2. The molecule has 26 heavy (non-hydrogen) atoms. The molecule has 0 unspecified atom stereocenters. The van der Waals surface area contributed by atoms with Crippen LogP contribution in [0.3, 0.4) is 0 Å². The Morgan fingerprint density at radius 3 is 2.46 bits per heavy atom. The van der Waals surface area contributed by atoms with E-state index < -0.39 is 0 Å². The number of aromatic nitrogens is 3. The summed E-state index contributed by atoms with van der Waals surface area (Å²) in [5.41, 5.74) is 2.24. The number of nitrogens with zero attached hydrogens (tertiary/aromatic N) is 3. The molecule has 7 heteroatoms. The molecule has 0 amide bonds. The van der Waals surface area contributed by atoms with Crippen LogP contribution in [-0.2, 0) is 0 Å². The van der Waals surface area contributed by atoms with Crippen molar-refractivity contribution in [1.82, 2.24) is 15.0 Å². The average molecular weight is 402 g/mol. The molecular weight excluding hydrogens is 391 g/mol. The van der Waals surface area contributed by atoms with E-state index in [9.17, 15) is 0 Å². The molecule has 0 radical (unpaired) electrons. The van der Waals surface area contributed by atoms with Crippen molar-refractivity contribution in [3.8, 4) is 11.4 Å². The summed E-state index contributed by atoms with van der Waals surface area (Å²) in [5.74, 6) is 1.19. The number of benzene rings is 2. The van der Waals surface area contributed by atoms with Crippen LogP contribution in [0.25, 0.3) is 22.3 Å². The fraction of sp³-hybridized carbons (Fsp3) is 0. The predicted molar refractivity (Wildman–Crippen MR) is 108 cm³/mol. The number of fused-ring (bicyclic) bond motifs is 1. The Balaban J connectivity index is 1.87. The number of nitrogens with one attached hydrogen (secondary N) is 1.